The van der Waals surface area contributed by atoms with Gasteiger partial charge in [-0.2, -0.15) is 0 Å². The minimum atomic E-state index is -0.561. The Balaban J connectivity index is 1.63. The van der Waals surface area contributed by atoms with Gasteiger partial charge in [0.15, 0.2) is 5.78 Å². The number of aliphatic hydroxyl groups is 1. The maximum atomic E-state index is 13.4. The van der Waals surface area contributed by atoms with Crippen molar-refractivity contribution in [3.63, 3.8) is 0 Å². The fourth-order valence-electron chi connectivity index (χ4n) is 4.82. The van der Waals surface area contributed by atoms with Crippen LogP contribution in [0, 0.1) is 0 Å². The molecule has 6 nitrogen and oxygen atoms in total. The second-order valence-electron chi connectivity index (χ2n) is 8.47. The first-order chi connectivity index (χ1) is 14.1. The topological polar surface area (TPSA) is 83.9 Å². The molecule has 1 heterocycles. The first kappa shape index (κ1) is 20.1. The zero-order valence-electron chi connectivity index (χ0n) is 16.8. The summed E-state index contributed by atoms with van der Waals surface area (Å²) in [5, 5.41) is 9.80. The maximum absolute atomic E-state index is 13.4. The van der Waals surface area contributed by atoms with E-state index < -0.39 is 6.04 Å². The van der Waals surface area contributed by atoms with Gasteiger partial charge in [-0.1, -0.05) is 12.1 Å². The molecule has 2 saturated carbocycles. The van der Waals surface area contributed by atoms with Crippen molar-refractivity contribution in [1.29, 1.82) is 0 Å². The summed E-state index contributed by atoms with van der Waals surface area (Å²) in [6, 6.07) is 3.10. The van der Waals surface area contributed by atoms with E-state index in [0.717, 1.165) is 37.7 Å². The number of benzene rings is 1. The smallest absolute Gasteiger partial charge is 0.258 e. The molecule has 3 aliphatic rings. The molecular formula is C23H29NO5. The molecule has 2 aliphatic carbocycles. The number of rotatable bonds is 4. The molecule has 1 aliphatic heterocycles. The number of carbonyl (C=O) groups is 3. The minimum Gasteiger partial charge on any atom is -0.489 e. The number of Topliss-reactive ketones (excluding diaryl/α,β-unsaturated/α-hetero) is 2. The standard InChI is InChI=1S/C23H29NO5/c25-14-16-10-9-15-13-24(19-12-11-17(26)5-1-4-8-20(19)27)23(28)21(15)22(16)29-18-6-2-3-7-18/h9-10,18-19,25H,1-8,11-14H2. The molecule has 156 valence electrons. The molecule has 0 bridgehead atoms. The van der Waals surface area contributed by atoms with E-state index in [4.69, 9.17) is 4.74 Å². The molecule has 2 fully saturated rings. The largest absolute Gasteiger partial charge is 0.489 e. The quantitative estimate of drug-likeness (QED) is 0.840. The van der Waals surface area contributed by atoms with Gasteiger partial charge in [-0.15, -0.1) is 0 Å². The molecule has 0 spiro atoms. The number of aliphatic hydroxyl groups excluding tert-OH is 1. The molecule has 1 amide bonds. The lowest BCUT2D eigenvalue weighted by molar-refractivity contribution is -0.124. The molecule has 1 unspecified atom stereocenters. The van der Waals surface area contributed by atoms with Gasteiger partial charge < -0.3 is 14.7 Å². The lowest BCUT2D eigenvalue weighted by atomic mass is 10.0. The van der Waals surface area contributed by atoms with E-state index in [1.165, 1.54) is 0 Å². The highest BCUT2D eigenvalue weighted by molar-refractivity contribution is 6.04. The number of hydrogen-bond acceptors (Lipinski definition) is 5. The number of amides is 1. The van der Waals surface area contributed by atoms with Gasteiger partial charge in [-0.05, 0) is 50.5 Å². The molecule has 29 heavy (non-hydrogen) atoms. The van der Waals surface area contributed by atoms with Crippen molar-refractivity contribution in [3.05, 3.63) is 28.8 Å². The summed E-state index contributed by atoms with van der Waals surface area (Å²) in [4.78, 5) is 39.9. The summed E-state index contributed by atoms with van der Waals surface area (Å²) in [7, 11) is 0. The Labute approximate surface area is 171 Å². The molecule has 1 N–H and O–H groups in total. The van der Waals surface area contributed by atoms with Crippen LogP contribution in [0.25, 0.3) is 0 Å². The average Bonchev–Trinajstić information content (AvgIpc) is 3.34. The van der Waals surface area contributed by atoms with Crippen LogP contribution in [0.15, 0.2) is 12.1 Å². The Bertz CT molecular complexity index is 812. The fourth-order valence-corrected chi connectivity index (χ4v) is 4.82. The SMILES string of the molecule is O=C1CCCCC(=O)C(N2Cc3ccc(CO)c(OC4CCCC4)c3C2=O)CC1. The van der Waals surface area contributed by atoms with Gasteiger partial charge in [0.25, 0.3) is 5.91 Å². The summed E-state index contributed by atoms with van der Waals surface area (Å²) < 4.78 is 6.21. The Morgan fingerprint density at radius 3 is 2.48 bits per heavy atom. The third-order valence-electron chi connectivity index (χ3n) is 6.47. The summed E-state index contributed by atoms with van der Waals surface area (Å²) in [5.74, 6) is 0.479. The van der Waals surface area contributed by atoms with E-state index in [1.54, 1.807) is 4.90 Å². The number of nitrogens with zero attached hydrogens (tertiary/aromatic N) is 1. The summed E-state index contributed by atoms with van der Waals surface area (Å²) in [6.07, 6.45) is 7.29. The summed E-state index contributed by atoms with van der Waals surface area (Å²) >= 11 is 0. The van der Waals surface area contributed by atoms with Gasteiger partial charge in [0.1, 0.15) is 11.5 Å². The van der Waals surface area contributed by atoms with Crippen LogP contribution in [0.3, 0.4) is 0 Å². The molecule has 1 aromatic rings. The first-order valence-electron chi connectivity index (χ1n) is 10.9. The van der Waals surface area contributed by atoms with Crippen molar-refractivity contribution < 1.29 is 24.2 Å². The predicted molar refractivity (Wildman–Crippen MR) is 107 cm³/mol. The Morgan fingerprint density at radius 1 is 0.966 bits per heavy atom. The van der Waals surface area contributed by atoms with E-state index in [0.29, 0.717) is 55.5 Å². The van der Waals surface area contributed by atoms with Crippen LogP contribution in [0.2, 0.25) is 0 Å². The number of fused-ring (bicyclic) bond motifs is 1. The van der Waals surface area contributed by atoms with Crippen molar-refractivity contribution in [2.24, 2.45) is 0 Å². The second-order valence-corrected chi connectivity index (χ2v) is 8.47. The molecular weight excluding hydrogens is 370 g/mol. The second kappa shape index (κ2) is 8.66. The summed E-state index contributed by atoms with van der Waals surface area (Å²) in [6.45, 7) is 0.158. The molecule has 0 saturated heterocycles. The van der Waals surface area contributed by atoms with Gasteiger partial charge in [-0.3, -0.25) is 14.4 Å². The number of ketones is 2. The molecule has 4 rings (SSSR count). The Kier molecular flexibility index (Phi) is 5.99. The monoisotopic (exact) mass is 399 g/mol. The van der Waals surface area contributed by atoms with Crippen LogP contribution in [-0.4, -0.2) is 39.6 Å². The third-order valence-corrected chi connectivity index (χ3v) is 6.47. The van der Waals surface area contributed by atoms with Gasteiger partial charge in [0, 0.05) is 31.4 Å². The predicted octanol–water partition coefficient (Wildman–Crippen LogP) is 3.32. The van der Waals surface area contributed by atoms with E-state index >= 15 is 0 Å². The Hall–Kier alpha value is -2.21. The highest BCUT2D eigenvalue weighted by Gasteiger charge is 2.39. The third kappa shape index (κ3) is 4.08. The maximum Gasteiger partial charge on any atom is 0.258 e. The Morgan fingerprint density at radius 2 is 1.72 bits per heavy atom. The van der Waals surface area contributed by atoms with Crippen LogP contribution >= 0.6 is 0 Å². The zero-order valence-corrected chi connectivity index (χ0v) is 16.8. The minimum absolute atomic E-state index is 0.0431. The first-order valence-corrected chi connectivity index (χ1v) is 10.9. The van der Waals surface area contributed by atoms with Crippen LogP contribution in [0.4, 0.5) is 0 Å². The van der Waals surface area contributed by atoms with E-state index in [1.807, 2.05) is 12.1 Å². The van der Waals surface area contributed by atoms with E-state index in [9.17, 15) is 19.5 Å². The van der Waals surface area contributed by atoms with Crippen molar-refractivity contribution in [3.8, 4) is 5.75 Å². The van der Waals surface area contributed by atoms with Gasteiger partial charge >= 0.3 is 0 Å². The van der Waals surface area contributed by atoms with Crippen LogP contribution in [-0.2, 0) is 22.7 Å². The number of ether oxygens (including phenoxy) is 1. The normalized spacial score (nSPS) is 23.7. The highest BCUT2D eigenvalue weighted by atomic mass is 16.5. The molecule has 1 aromatic carbocycles. The van der Waals surface area contributed by atoms with Crippen molar-refractivity contribution in [2.75, 3.05) is 0 Å². The molecule has 1 atom stereocenters. The van der Waals surface area contributed by atoms with Crippen molar-refractivity contribution in [2.45, 2.75) is 89.5 Å². The molecule has 6 heteroatoms. The van der Waals surface area contributed by atoms with Crippen LogP contribution in [0.5, 0.6) is 5.75 Å². The summed E-state index contributed by atoms with van der Waals surface area (Å²) in [5.41, 5.74) is 1.93. The highest BCUT2D eigenvalue weighted by Crippen LogP contribution is 2.38. The molecule has 0 radical (unpaired) electrons. The van der Waals surface area contributed by atoms with Crippen LogP contribution in [0.1, 0.15) is 85.7 Å². The van der Waals surface area contributed by atoms with Gasteiger partial charge in [0.05, 0.1) is 24.3 Å². The zero-order chi connectivity index (χ0) is 20.4. The van der Waals surface area contributed by atoms with E-state index in [2.05, 4.69) is 0 Å². The lowest BCUT2D eigenvalue weighted by Gasteiger charge is -2.26. The van der Waals surface area contributed by atoms with Gasteiger partial charge in [0.2, 0.25) is 0 Å². The lowest BCUT2D eigenvalue weighted by Crippen LogP contribution is -2.41. The molecule has 0 aromatic heterocycles. The van der Waals surface area contributed by atoms with Crippen molar-refractivity contribution >= 4 is 17.5 Å². The van der Waals surface area contributed by atoms with Gasteiger partial charge in [-0.25, -0.2) is 0 Å². The van der Waals surface area contributed by atoms with E-state index in [-0.39, 0.29) is 30.2 Å². The number of carbonyl (C=O) groups excluding carboxylic acids is 3. The van der Waals surface area contributed by atoms with Crippen LogP contribution < -0.4 is 4.74 Å². The average molecular weight is 399 g/mol. The number of hydrogen-bond donors (Lipinski definition) is 1. The van der Waals surface area contributed by atoms with Crippen molar-refractivity contribution in [1.82, 2.24) is 4.90 Å². The fraction of sp³-hybridized carbons (Fsp3) is 0.609.